The third-order valence-corrected chi connectivity index (χ3v) is 4.26. The number of amides is 1. The fourth-order valence-electron chi connectivity index (χ4n) is 2.96. The average Bonchev–Trinajstić information content (AvgIpc) is 3.35. The Balaban J connectivity index is 1.34. The first-order valence-electron chi connectivity index (χ1n) is 8.47. The molecule has 0 atom stereocenters. The van der Waals surface area contributed by atoms with Crippen LogP contribution in [0.4, 0.5) is 0 Å². The molecule has 0 aliphatic carbocycles. The minimum absolute atomic E-state index is 0.0997. The lowest BCUT2D eigenvalue weighted by atomic mass is 10.2. The van der Waals surface area contributed by atoms with Crippen molar-refractivity contribution in [1.82, 2.24) is 30.1 Å². The van der Waals surface area contributed by atoms with Gasteiger partial charge in [-0.2, -0.15) is 0 Å². The number of hydrogen-bond donors (Lipinski definition) is 1. The Morgan fingerprint density at radius 3 is 2.88 bits per heavy atom. The Kier molecular flexibility index (Phi) is 4.42. The molecule has 26 heavy (non-hydrogen) atoms. The number of aryl methyl sites for hydroxylation is 1. The predicted octanol–water partition coefficient (Wildman–Crippen LogP) is 2.44. The standard InChI is InChI=1S/C19H18N6O/c26-19(16-6-3-7-17(13-16)25-14-21-22-23-25)20-10-4-11-24-12-9-15-5-1-2-8-18(15)24/h1-3,5-9,12-14H,4,10-11H2,(H,20,26). The monoisotopic (exact) mass is 346 g/mol. The van der Waals surface area contributed by atoms with E-state index in [1.807, 2.05) is 24.3 Å². The molecule has 0 aliphatic rings. The second-order valence-electron chi connectivity index (χ2n) is 5.98. The van der Waals surface area contributed by atoms with E-state index in [1.54, 1.807) is 12.1 Å². The van der Waals surface area contributed by atoms with Gasteiger partial charge in [0.05, 0.1) is 5.69 Å². The average molecular weight is 346 g/mol. The number of rotatable bonds is 6. The molecule has 4 aromatic rings. The highest BCUT2D eigenvalue weighted by Crippen LogP contribution is 2.15. The smallest absolute Gasteiger partial charge is 0.251 e. The van der Waals surface area contributed by atoms with Gasteiger partial charge in [0.2, 0.25) is 0 Å². The van der Waals surface area contributed by atoms with Crippen molar-refractivity contribution in [3.05, 3.63) is 72.7 Å². The van der Waals surface area contributed by atoms with Crippen molar-refractivity contribution >= 4 is 16.8 Å². The fraction of sp³-hybridized carbons (Fsp3) is 0.158. The van der Waals surface area contributed by atoms with Gasteiger partial charge in [-0.05, 0) is 52.6 Å². The summed E-state index contributed by atoms with van der Waals surface area (Å²) in [4.78, 5) is 12.4. The van der Waals surface area contributed by atoms with Gasteiger partial charge in [-0.3, -0.25) is 4.79 Å². The van der Waals surface area contributed by atoms with Crippen LogP contribution < -0.4 is 5.32 Å². The van der Waals surface area contributed by atoms with E-state index in [0.717, 1.165) is 18.7 Å². The summed E-state index contributed by atoms with van der Waals surface area (Å²) in [5.74, 6) is -0.0997. The van der Waals surface area contributed by atoms with Gasteiger partial charge in [0.25, 0.3) is 5.91 Å². The minimum atomic E-state index is -0.0997. The van der Waals surface area contributed by atoms with E-state index in [9.17, 15) is 4.79 Å². The maximum Gasteiger partial charge on any atom is 0.251 e. The SMILES string of the molecule is O=C(NCCCn1ccc2ccccc21)c1cccc(-n2cnnn2)c1. The van der Waals surface area contributed by atoms with Crippen LogP contribution in [-0.2, 0) is 6.54 Å². The lowest BCUT2D eigenvalue weighted by Gasteiger charge is -2.08. The molecule has 0 bridgehead atoms. The highest BCUT2D eigenvalue weighted by atomic mass is 16.1. The van der Waals surface area contributed by atoms with E-state index in [0.29, 0.717) is 12.1 Å². The van der Waals surface area contributed by atoms with Crippen LogP contribution >= 0.6 is 0 Å². The summed E-state index contributed by atoms with van der Waals surface area (Å²) in [5, 5.41) is 15.3. The summed E-state index contributed by atoms with van der Waals surface area (Å²) in [5.41, 5.74) is 2.55. The zero-order chi connectivity index (χ0) is 17.8. The molecule has 0 unspecified atom stereocenters. The number of para-hydroxylation sites is 1. The number of carbonyl (C=O) groups excluding carboxylic acids is 1. The molecule has 7 heteroatoms. The van der Waals surface area contributed by atoms with Crippen LogP contribution in [-0.4, -0.2) is 37.2 Å². The van der Waals surface area contributed by atoms with Crippen LogP contribution in [0.3, 0.4) is 0 Å². The van der Waals surface area contributed by atoms with E-state index >= 15 is 0 Å². The van der Waals surface area contributed by atoms with Gasteiger partial charge in [0.1, 0.15) is 6.33 Å². The van der Waals surface area contributed by atoms with Crippen molar-refractivity contribution in [2.45, 2.75) is 13.0 Å². The summed E-state index contributed by atoms with van der Waals surface area (Å²) in [6.07, 6.45) is 4.44. The molecule has 0 radical (unpaired) electrons. The Morgan fingerprint density at radius 1 is 1.08 bits per heavy atom. The van der Waals surface area contributed by atoms with E-state index < -0.39 is 0 Å². The first-order chi connectivity index (χ1) is 12.8. The number of benzene rings is 2. The maximum atomic E-state index is 12.4. The van der Waals surface area contributed by atoms with Crippen molar-refractivity contribution in [1.29, 1.82) is 0 Å². The summed E-state index contributed by atoms with van der Waals surface area (Å²) >= 11 is 0. The Bertz CT molecular complexity index is 1020. The van der Waals surface area contributed by atoms with Gasteiger partial charge in [0.15, 0.2) is 0 Å². The summed E-state index contributed by atoms with van der Waals surface area (Å²) in [6, 6.07) is 17.6. The molecule has 4 rings (SSSR count). The quantitative estimate of drug-likeness (QED) is 0.544. The topological polar surface area (TPSA) is 77.6 Å². The molecule has 0 aliphatic heterocycles. The third-order valence-electron chi connectivity index (χ3n) is 4.26. The first kappa shape index (κ1) is 16.0. The van der Waals surface area contributed by atoms with Gasteiger partial charge in [-0.1, -0.05) is 24.3 Å². The Hall–Kier alpha value is -3.48. The minimum Gasteiger partial charge on any atom is -0.352 e. The molecular formula is C19H18N6O. The van der Waals surface area contributed by atoms with Crippen LogP contribution in [0.2, 0.25) is 0 Å². The molecule has 0 fully saturated rings. The third kappa shape index (κ3) is 3.32. The summed E-state index contributed by atoms with van der Waals surface area (Å²) in [6.45, 7) is 1.47. The summed E-state index contributed by atoms with van der Waals surface area (Å²) in [7, 11) is 0. The fourth-order valence-corrected chi connectivity index (χ4v) is 2.96. The number of nitrogens with zero attached hydrogens (tertiary/aromatic N) is 5. The van der Waals surface area contributed by atoms with E-state index in [2.05, 4.69) is 49.8 Å². The molecule has 0 saturated carbocycles. The highest BCUT2D eigenvalue weighted by molar-refractivity contribution is 5.94. The molecule has 7 nitrogen and oxygen atoms in total. The molecule has 0 spiro atoms. The van der Waals surface area contributed by atoms with Crippen molar-refractivity contribution in [3.8, 4) is 5.69 Å². The largest absolute Gasteiger partial charge is 0.352 e. The Morgan fingerprint density at radius 2 is 2.00 bits per heavy atom. The zero-order valence-electron chi connectivity index (χ0n) is 14.1. The van der Waals surface area contributed by atoms with E-state index in [-0.39, 0.29) is 5.91 Å². The molecule has 1 N–H and O–H groups in total. The van der Waals surface area contributed by atoms with Crippen LogP contribution in [0.25, 0.3) is 16.6 Å². The maximum absolute atomic E-state index is 12.4. The van der Waals surface area contributed by atoms with Crippen LogP contribution in [0.15, 0.2) is 67.1 Å². The van der Waals surface area contributed by atoms with Gasteiger partial charge >= 0.3 is 0 Å². The first-order valence-corrected chi connectivity index (χ1v) is 8.47. The molecule has 1 amide bonds. The van der Waals surface area contributed by atoms with Crippen molar-refractivity contribution < 1.29 is 4.79 Å². The molecule has 0 saturated heterocycles. The number of hydrogen-bond acceptors (Lipinski definition) is 4. The summed E-state index contributed by atoms with van der Waals surface area (Å²) < 4.78 is 3.73. The van der Waals surface area contributed by atoms with Gasteiger partial charge < -0.3 is 9.88 Å². The van der Waals surface area contributed by atoms with Gasteiger partial charge in [-0.15, -0.1) is 5.10 Å². The molecular weight excluding hydrogens is 328 g/mol. The lowest BCUT2D eigenvalue weighted by Crippen LogP contribution is -2.25. The molecule has 2 aromatic carbocycles. The van der Waals surface area contributed by atoms with Crippen molar-refractivity contribution in [3.63, 3.8) is 0 Å². The highest BCUT2D eigenvalue weighted by Gasteiger charge is 2.07. The number of aromatic nitrogens is 5. The Labute approximate surface area is 150 Å². The van der Waals surface area contributed by atoms with Crippen LogP contribution in [0.1, 0.15) is 16.8 Å². The van der Waals surface area contributed by atoms with Crippen molar-refractivity contribution in [2.75, 3.05) is 6.54 Å². The second-order valence-corrected chi connectivity index (χ2v) is 5.98. The number of fused-ring (bicyclic) bond motifs is 1. The molecule has 2 heterocycles. The van der Waals surface area contributed by atoms with Crippen LogP contribution in [0.5, 0.6) is 0 Å². The number of tetrazole rings is 1. The zero-order valence-corrected chi connectivity index (χ0v) is 14.1. The lowest BCUT2D eigenvalue weighted by molar-refractivity contribution is 0.0952. The van der Waals surface area contributed by atoms with E-state index in [1.165, 1.54) is 21.9 Å². The molecule has 130 valence electrons. The second kappa shape index (κ2) is 7.18. The number of carbonyl (C=O) groups is 1. The predicted molar refractivity (Wildman–Crippen MR) is 98.0 cm³/mol. The molecule has 2 aromatic heterocycles. The number of nitrogens with one attached hydrogen (secondary N) is 1. The van der Waals surface area contributed by atoms with Gasteiger partial charge in [0, 0.05) is 30.4 Å². The van der Waals surface area contributed by atoms with Crippen molar-refractivity contribution in [2.24, 2.45) is 0 Å². The normalized spacial score (nSPS) is 10.9. The van der Waals surface area contributed by atoms with Crippen LogP contribution in [0, 0.1) is 0 Å². The van der Waals surface area contributed by atoms with E-state index in [4.69, 9.17) is 0 Å². The van der Waals surface area contributed by atoms with Gasteiger partial charge in [-0.25, -0.2) is 4.68 Å².